The smallest absolute Gasteiger partial charge is 0.345 e. The largest absolute Gasteiger partial charge is 0.477 e. The van der Waals surface area contributed by atoms with E-state index in [1.165, 1.54) is 11.3 Å². The molecule has 4 nitrogen and oxygen atoms in total. The molecule has 1 N–H and O–H groups in total. The van der Waals surface area contributed by atoms with Gasteiger partial charge in [0, 0.05) is 34.8 Å². The first-order valence-electron chi connectivity index (χ1n) is 4.57. The SMILES string of the molecule is Cn1cc(CSc2csc(C(=O)O)c2)cn1. The molecule has 2 heterocycles. The minimum absolute atomic E-state index is 0.383. The maximum Gasteiger partial charge on any atom is 0.345 e. The van der Waals surface area contributed by atoms with Crippen LogP contribution in [0.15, 0.2) is 28.7 Å². The molecule has 0 atom stereocenters. The second kappa shape index (κ2) is 4.71. The zero-order valence-electron chi connectivity index (χ0n) is 8.58. The maximum absolute atomic E-state index is 10.7. The Kier molecular flexibility index (Phi) is 3.31. The van der Waals surface area contributed by atoms with E-state index in [2.05, 4.69) is 5.10 Å². The average Bonchev–Trinajstić information content (AvgIpc) is 2.83. The van der Waals surface area contributed by atoms with Crippen molar-refractivity contribution in [2.45, 2.75) is 10.6 Å². The van der Waals surface area contributed by atoms with Crippen LogP contribution in [0.3, 0.4) is 0 Å². The van der Waals surface area contributed by atoms with Crippen molar-refractivity contribution >= 4 is 29.1 Å². The lowest BCUT2D eigenvalue weighted by atomic mass is 10.4. The number of hydrogen-bond donors (Lipinski definition) is 1. The van der Waals surface area contributed by atoms with Crippen molar-refractivity contribution in [1.82, 2.24) is 9.78 Å². The number of aromatic nitrogens is 2. The predicted molar refractivity (Wildman–Crippen MR) is 64.0 cm³/mol. The molecular formula is C10H10N2O2S2. The van der Waals surface area contributed by atoms with Gasteiger partial charge in [0.2, 0.25) is 0 Å². The van der Waals surface area contributed by atoms with Gasteiger partial charge in [-0.1, -0.05) is 0 Å². The van der Waals surface area contributed by atoms with Crippen molar-refractivity contribution in [2.75, 3.05) is 0 Å². The highest BCUT2D eigenvalue weighted by atomic mass is 32.2. The van der Waals surface area contributed by atoms with Crippen LogP contribution in [0.4, 0.5) is 0 Å². The molecule has 84 valence electrons. The van der Waals surface area contributed by atoms with Crippen LogP contribution in [0.5, 0.6) is 0 Å². The second-order valence-corrected chi connectivity index (χ2v) is 5.22. The Morgan fingerprint density at radius 1 is 1.69 bits per heavy atom. The summed E-state index contributed by atoms with van der Waals surface area (Å²) in [6.45, 7) is 0. The summed E-state index contributed by atoms with van der Waals surface area (Å²) in [6, 6.07) is 1.70. The van der Waals surface area contributed by atoms with Crippen molar-refractivity contribution in [1.29, 1.82) is 0 Å². The molecule has 0 radical (unpaired) electrons. The molecule has 0 aliphatic rings. The zero-order chi connectivity index (χ0) is 11.5. The van der Waals surface area contributed by atoms with E-state index in [9.17, 15) is 4.79 Å². The third kappa shape index (κ3) is 2.65. The summed E-state index contributed by atoms with van der Waals surface area (Å²) >= 11 is 2.88. The predicted octanol–water partition coefficient (Wildman–Crippen LogP) is 2.47. The molecule has 6 heteroatoms. The summed E-state index contributed by atoms with van der Waals surface area (Å²) in [4.78, 5) is 12.1. The van der Waals surface area contributed by atoms with Gasteiger partial charge in [-0.3, -0.25) is 4.68 Å². The van der Waals surface area contributed by atoms with Gasteiger partial charge in [-0.05, 0) is 6.07 Å². The Hall–Kier alpha value is -1.27. The first-order valence-corrected chi connectivity index (χ1v) is 6.44. The fourth-order valence-electron chi connectivity index (χ4n) is 1.22. The van der Waals surface area contributed by atoms with Gasteiger partial charge in [-0.2, -0.15) is 5.10 Å². The summed E-state index contributed by atoms with van der Waals surface area (Å²) in [5.41, 5.74) is 1.13. The maximum atomic E-state index is 10.7. The van der Waals surface area contributed by atoms with E-state index >= 15 is 0 Å². The topological polar surface area (TPSA) is 55.1 Å². The van der Waals surface area contributed by atoms with Gasteiger partial charge in [-0.25, -0.2) is 4.79 Å². The second-order valence-electron chi connectivity index (χ2n) is 3.26. The average molecular weight is 254 g/mol. The zero-order valence-corrected chi connectivity index (χ0v) is 10.2. The van der Waals surface area contributed by atoms with Crippen LogP contribution in [-0.2, 0) is 12.8 Å². The summed E-state index contributed by atoms with van der Waals surface area (Å²) in [5, 5.41) is 14.7. The van der Waals surface area contributed by atoms with E-state index in [1.807, 2.05) is 24.8 Å². The summed E-state index contributed by atoms with van der Waals surface area (Å²) in [5.74, 6) is -0.0536. The number of thioether (sulfide) groups is 1. The molecule has 16 heavy (non-hydrogen) atoms. The Labute approximate surface area is 101 Å². The quantitative estimate of drug-likeness (QED) is 0.852. The number of aryl methyl sites for hydroxylation is 1. The van der Waals surface area contributed by atoms with Crippen LogP contribution in [-0.4, -0.2) is 20.9 Å². The van der Waals surface area contributed by atoms with Crippen molar-refractivity contribution < 1.29 is 9.90 Å². The lowest BCUT2D eigenvalue weighted by molar-refractivity contribution is 0.0702. The highest BCUT2D eigenvalue weighted by Gasteiger charge is 2.07. The minimum atomic E-state index is -0.863. The van der Waals surface area contributed by atoms with E-state index in [0.717, 1.165) is 16.2 Å². The van der Waals surface area contributed by atoms with Crippen molar-refractivity contribution in [3.63, 3.8) is 0 Å². The van der Waals surface area contributed by atoms with Gasteiger partial charge in [0.15, 0.2) is 0 Å². The van der Waals surface area contributed by atoms with Crippen LogP contribution >= 0.6 is 23.1 Å². The number of aromatic carboxylic acids is 1. The number of thiophene rings is 1. The molecule has 0 aliphatic carbocycles. The molecule has 0 aliphatic heterocycles. The van der Waals surface area contributed by atoms with Gasteiger partial charge in [-0.15, -0.1) is 23.1 Å². The number of rotatable bonds is 4. The van der Waals surface area contributed by atoms with Gasteiger partial charge in [0.1, 0.15) is 4.88 Å². The highest BCUT2D eigenvalue weighted by molar-refractivity contribution is 7.98. The molecule has 0 amide bonds. The first kappa shape index (κ1) is 11.2. The number of carboxylic acids is 1. The van der Waals surface area contributed by atoms with Gasteiger partial charge >= 0.3 is 5.97 Å². The Bertz CT molecular complexity index is 504. The Morgan fingerprint density at radius 3 is 3.06 bits per heavy atom. The normalized spacial score (nSPS) is 10.6. The third-order valence-corrected chi connectivity index (χ3v) is 4.06. The number of carboxylic acid groups (broad SMARTS) is 1. The van der Waals surface area contributed by atoms with Crippen LogP contribution in [0, 0.1) is 0 Å². The number of nitrogens with zero attached hydrogens (tertiary/aromatic N) is 2. The Morgan fingerprint density at radius 2 is 2.50 bits per heavy atom. The fourth-order valence-corrected chi connectivity index (χ4v) is 3.00. The third-order valence-electron chi connectivity index (χ3n) is 1.95. The standard InChI is InChI=1S/C10H10N2O2S2/c1-12-4-7(3-11-12)5-15-8-2-9(10(13)14)16-6-8/h2-4,6H,5H2,1H3,(H,13,14). The minimum Gasteiger partial charge on any atom is -0.477 e. The fraction of sp³-hybridized carbons (Fsp3) is 0.200. The monoisotopic (exact) mass is 254 g/mol. The highest BCUT2D eigenvalue weighted by Crippen LogP contribution is 2.27. The summed E-state index contributed by atoms with van der Waals surface area (Å²) in [6.07, 6.45) is 3.77. The van der Waals surface area contributed by atoms with Crippen molar-refractivity contribution in [3.8, 4) is 0 Å². The van der Waals surface area contributed by atoms with Crippen molar-refractivity contribution in [2.24, 2.45) is 7.05 Å². The lowest BCUT2D eigenvalue weighted by Gasteiger charge is -1.94. The Balaban J connectivity index is 1.97. The van der Waals surface area contributed by atoms with E-state index in [1.54, 1.807) is 22.5 Å². The molecular weight excluding hydrogens is 244 g/mol. The molecule has 0 aromatic carbocycles. The molecule has 0 unspecified atom stereocenters. The molecule has 0 saturated carbocycles. The summed E-state index contributed by atoms with van der Waals surface area (Å²) in [7, 11) is 1.88. The van der Waals surface area contributed by atoms with Crippen LogP contribution in [0.25, 0.3) is 0 Å². The number of hydrogen-bond acceptors (Lipinski definition) is 4. The van der Waals surface area contributed by atoms with Crippen LogP contribution in [0.2, 0.25) is 0 Å². The molecule has 0 bridgehead atoms. The van der Waals surface area contributed by atoms with Crippen LogP contribution in [0.1, 0.15) is 15.2 Å². The molecule has 0 saturated heterocycles. The molecule has 0 spiro atoms. The lowest BCUT2D eigenvalue weighted by Crippen LogP contribution is -1.89. The molecule has 2 aromatic rings. The first-order chi connectivity index (χ1) is 7.65. The van der Waals surface area contributed by atoms with Crippen LogP contribution < -0.4 is 0 Å². The van der Waals surface area contributed by atoms with Gasteiger partial charge in [0.05, 0.1) is 6.20 Å². The number of carbonyl (C=O) groups is 1. The van der Waals surface area contributed by atoms with E-state index in [4.69, 9.17) is 5.11 Å². The van der Waals surface area contributed by atoms with E-state index in [0.29, 0.717) is 4.88 Å². The van der Waals surface area contributed by atoms with Gasteiger partial charge in [0.25, 0.3) is 0 Å². The molecule has 2 aromatic heterocycles. The molecule has 0 fully saturated rings. The van der Waals surface area contributed by atoms with Gasteiger partial charge < -0.3 is 5.11 Å². The molecule has 2 rings (SSSR count). The summed E-state index contributed by atoms with van der Waals surface area (Å²) < 4.78 is 1.76. The van der Waals surface area contributed by atoms with E-state index in [-0.39, 0.29) is 0 Å². The van der Waals surface area contributed by atoms with Crippen molar-refractivity contribution in [3.05, 3.63) is 34.3 Å². The van der Waals surface area contributed by atoms with E-state index < -0.39 is 5.97 Å².